The van der Waals surface area contributed by atoms with Gasteiger partial charge in [-0.15, -0.1) is 0 Å². The highest BCUT2D eigenvalue weighted by Crippen LogP contribution is 2.31. The largest absolute Gasteiger partial charge is 0.370 e. The Hall–Kier alpha value is -1.27. The highest BCUT2D eigenvalue weighted by Gasteiger charge is 2.25. The van der Waals surface area contributed by atoms with Crippen LogP contribution in [0.15, 0.2) is 18.2 Å². The predicted octanol–water partition coefficient (Wildman–Crippen LogP) is 2.70. The maximum atomic E-state index is 12.2. The first-order valence-electron chi connectivity index (χ1n) is 7.33. The van der Waals surface area contributed by atoms with Crippen molar-refractivity contribution < 1.29 is 13.2 Å². The summed E-state index contributed by atoms with van der Waals surface area (Å²) in [5, 5.41) is 2.12. The predicted molar refractivity (Wildman–Crippen MR) is 90.5 cm³/mol. The lowest BCUT2D eigenvalue weighted by Gasteiger charge is -2.30. The number of sulfone groups is 1. The molecule has 0 radical (unpaired) electrons. The molecule has 1 atom stereocenters. The summed E-state index contributed by atoms with van der Waals surface area (Å²) in [5.41, 5.74) is 1.45. The van der Waals surface area contributed by atoms with E-state index in [2.05, 4.69) is 10.2 Å². The van der Waals surface area contributed by atoms with Gasteiger partial charge in [0, 0.05) is 24.4 Å². The van der Waals surface area contributed by atoms with Crippen LogP contribution in [0, 0.1) is 0 Å². The first-order chi connectivity index (χ1) is 10.3. The minimum absolute atomic E-state index is 0.503. The molecule has 1 aromatic carbocycles. The molecule has 1 saturated heterocycles. The molecule has 1 fully saturated rings. The average molecular weight is 345 g/mol. The molecule has 1 aromatic rings. The maximum absolute atomic E-state index is 12.2. The first-order valence-corrected chi connectivity index (χ1v) is 9.66. The van der Waals surface area contributed by atoms with Gasteiger partial charge in [-0.1, -0.05) is 11.6 Å². The van der Waals surface area contributed by atoms with E-state index in [4.69, 9.17) is 11.6 Å². The number of carbonyl (C=O) groups is 1. The molecule has 0 aromatic heterocycles. The number of anilines is 2. The molecular formula is C15H21ClN2O3S. The highest BCUT2D eigenvalue weighted by atomic mass is 35.5. The van der Waals surface area contributed by atoms with E-state index < -0.39 is 21.0 Å². The van der Waals surface area contributed by atoms with Crippen LogP contribution in [0.3, 0.4) is 0 Å². The van der Waals surface area contributed by atoms with E-state index in [0.29, 0.717) is 10.7 Å². The normalized spacial score (nSPS) is 17.1. The molecule has 0 saturated carbocycles. The zero-order valence-electron chi connectivity index (χ0n) is 12.8. The summed E-state index contributed by atoms with van der Waals surface area (Å²) in [6.07, 6.45) is 4.48. The van der Waals surface area contributed by atoms with Gasteiger partial charge in [0.05, 0.1) is 11.4 Å². The Labute approximate surface area is 136 Å². The lowest BCUT2D eigenvalue weighted by molar-refractivity contribution is -0.115. The fourth-order valence-corrected chi connectivity index (χ4v) is 3.07. The minimum atomic E-state index is -3.43. The minimum Gasteiger partial charge on any atom is -0.370 e. The molecule has 1 aliphatic heterocycles. The van der Waals surface area contributed by atoms with E-state index >= 15 is 0 Å². The summed E-state index contributed by atoms with van der Waals surface area (Å²) in [6, 6.07) is 5.31. The van der Waals surface area contributed by atoms with Gasteiger partial charge in [-0.05, 0) is 44.4 Å². The number of rotatable bonds is 4. The molecule has 2 rings (SSSR count). The monoisotopic (exact) mass is 344 g/mol. The van der Waals surface area contributed by atoms with Gasteiger partial charge < -0.3 is 10.2 Å². The summed E-state index contributed by atoms with van der Waals surface area (Å²) in [5.74, 6) is -0.539. The van der Waals surface area contributed by atoms with Gasteiger partial charge in [0.25, 0.3) is 0 Å². The van der Waals surface area contributed by atoms with E-state index in [9.17, 15) is 13.2 Å². The van der Waals surface area contributed by atoms with Gasteiger partial charge in [-0.2, -0.15) is 0 Å². The van der Waals surface area contributed by atoms with E-state index in [1.165, 1.54) is 13.3 Å². The summed E-state index contributed by atoms with van der Waals surface area (Å²) in [4.78, 5) is 14.3. The molecule has 7 heteroatoms. The van der Waals surface area contributed by atoms with Crippen molar-refractivity contribution >= 4 is 38.7 Å². The van der Waals surface area contributed by atoms with Gasteiger partial charge in [0.2, 0.25) is 5.91 Å². The van der Waals surface area contributed by atoms with E-state index in [-0.39, 0.29) is 0 Å². The number of nitrogens with zero attached hydrogens (tertiary/aromatic N) is 1. The smallest absolute Gasteiger partial charge is 0.242 e. The highest BCUT2D eigenvalue weighted by molar-refractivity contribution is 7.92. The van der Waals surface area contributed by atoms with Crippen LogP contribution in [0.1, 0.15) is 26.2 Å². The van der Waals surface area contributed by atoms with Crippen molar-refractivity contribution in [1.29, 1.82) is 0 Å². The molecule has 122 valence electrons. The van der Waals surface area contributed by atoms with Crippen LogP contribution in [0.4, 0.5) is 11.4 Å². The van der Waals surface area contributed by atoms with Crippen molar-refractivity contribution in [2.75, 3.05) is 29.6 Å². The van der Waals surface area contributed by atoms with Crippen molar-refractivity contribution in [1.82, 2.24) is 0 Å². The second-order valence-corrected chi connectivity index (χ2v) is 8.47. The molecule has 1 heterocycles. The first kappa shape index (κ1) is 17.1. The SMILES string of the molecule is CC(C(=O)Nc1cc(Cl)ccc1N1CCCCC1)S(C)(=O)=O. The van der Waals surface area contributed by atoms with E-state index in [1.807, 2.05) is 6.07 Å². The lowest BCUT2D eigenvalue weighted by atomic mass is 10.1. The Morgan fingerprint density at radius 3 is 2.50 bits per heavy atom. The third-order valence-electron chi connectivity index (χ3n) is 3.92. The number of carbonyl (C=O) groups excluding carboxylic acids is 1. The van der Waals surface area contributed by atoms with Crippen LogP contribution in [0.2, 0.25) is 5.02 Å². The Morgan fingerprint density at radius 2 is 1.91 bits per heavy atom. The topological polar surface area (TPSA) is 66.5 Å². The quantitative estimate of drug-likeness (QED) is 0.912. The summed E-state index contributed by atoms with van der Waals surface area (Å²) in [7, 11) is -3.43. The van der Waals surface area contributed by atoms with Crippen molar-refractivity contribution in [3.05, 3.63) is 23.2 Å². The van der Waals surface area contributed by atoms with Gasteiger partial charge in [-0.3, -0.25) is 4.79 Å². The van der Waals surface area contributed by atoms with Crippen molar-refractivity contribution in [2.24, 2.45) is 0 Å². The second-order valence-electron chi connectivity index (χ2n) is 5.67. The molecular weight excluding hydrogens is 324 g/mol. The maximum Gasteiger partial charge on any atom is 0.242 e. The number of hydrogen-bond donors (Lipinski definition) is 1. The number of piperidine rings is 1. The summed E-state index contributed by atoms with van der Waals surface area (Å²) >= 11 is 6.02. The lowest BCUT2D eigenvalue weighted by Crippen LogP contribution is -2.34. The molecule has 1 amide bonds. The van der Waals surface area contributed by atoms with E-state index in [1.54, 1.807) is 12.1 Å². The number of amides is 1. The number of hydrogen-bond acceptors (Lipinski definition) is 4. The van der Waals surface area contributed by atoms with Gasteiger partial charge in [0.15, 0.2) is 9.84 Å². The van der Waals surface area contributed by atoms with Crippen LogP contribution in [0.25, 0.3) is 0 Å². The van der Waals surface area contributed by atoms with Gasteiger partial charge >= 0.3 is 0 Å². The Morgan fingerprint density at radius 1 is 1.27 bits per heavy atom. The fourth-order valence-electron chi connectivity index (χ4n) is 2.45. The molecule has 1 unspecified atom stereocenters. The molecule has 0 aliphatic carbocycles. The van der Waals surface area contributed by atoms with Crippen LogP contribution >= 0.6 is 11.6 Å². The van der Waals surface area contributed by atoms with Crippen LogP contribution in [0.5, 0.6) is 0 Å². The van der Waals surface area contributed by atoms with Crippen LogP contribution in [-0.2, 0) is 14.6 Å². The van der Waals surface area contributed by atoms with Gasteiger partial charge in [0.1, 0.15) is 5.25 Å². The molecule has 1 aliphatic rings. The van der Waals surface area contributed by atoms with Crippen LogP contribution in [-0.4, -0.2) is 38.9 Å². The number of benzene rings is 1. The van der Waals surface area contributed by atoms with Crippen LogP contribution < -0.4 is 10.2 Å². The molecule has 1 N–H and O–H groups in total. The van der Waals surface area contributed by atoms with Crippen molar-refractivity contribution in [3.63, 3.8) is 0 Å². The zero-order valence-corrected chi connectivity index (χ0v) is 14.4. The Kier molecular flexibility index (Phi) is 5.34. The van der Waals surface area contributed by atoms with E-state index in [0.717, 1.165) is 37.9 Å². The standard InChI is InChI=1S/C15H21ClN2O3S/c1-11(22(2,20)21)15(19)17-13-10-12(16)6-7-14(13)18-8-4-3-5-9-18/h6-7,10-11H,3-5,8-9H2,1-2H3,(H,17,19). The summed E-state index contributed by atoms with van der Waals surface area (Å²) in [6.45, 7) is 3.23. The van der Waals surface area contributed by atoms with Gasteiger partial charge in [-0.25, -0.2) is 8.42 Å². The number of nitrogens with one attached hydrogen (secondary N) is 1. The summed E-state index contributed by atoms with van der Waals surface area (Å²) < 4.78 is 23.0. The zero-order chi connectivity index (χ0) is 16.3. The number of halogens is 1. The third kappa shape index (κ3) is 4.14. The third-order valence-corrected chi connectivity index (χ3v) is 5.66. The average Bonchev–Trinajstić information content (AvgIpc) is 2.46. The second kappa shape index (κ2) is 6.87. The van der Waals surface area contributed by atoms with Crippen molar-refractivity contribution in [2.45, 2.75) is 31.4 Å². The molecule has 22 heavy (non-hydrogen) atoms. The molecule has 0 bridgehead atoms. The molecule has 5 nitrogen and oxygen atoms in total. The van der Waals surface area contributed by atoms with Crippen molar-refractivity contribution in [3.8, 4) is 0 Å². The Bertz CT molecular complexity index is 655. The Balaban J connectivity index is 2.25. The molecule has 0 spiro atoms. The fraction of sp³-hybridized carbons (Fsp3) is 0.533.